The minimum Gasteiger partial charge on any atom is -0.287 e. The summed E-state index contributed by atoms with van der Waals surface area (Å²) < 4.78 is 1.35. The van der Waals surface area contributed by atoms with E-state index >= 15 is 0 Å². The summed E-state index contributed by atoms with van der Waals surface area (Å²) in [4.78, 5) is 0. The molecule has 1 heterocycles. The number of hydrogen-bond donors (Lipinski definition) is 0. The molecule has 36 valence electrons. The summed E-state index contributed by atoms with van der Waals surface area (Å²) in [6.45, 7) is 2.05. The molecule has 0 spiro atoms. The van der Waals surface area contributed by atoms with E-state index in [1.54, 1.807) is 11.3 Å². The van der Waals surface area contributed by atoms with E-state index in [9.17, 15) is 0 Å². The zero-order valence-electron chi connectivity index (χ0n) is 4.22. The summed E-state index contributed by atoms with van der Waals surface area (Å²) in [6.07, 6.45) is 0. The van der Waals surface area contributed by atoms with Crippen molar-refractivity contribution in [3.05, 3.63) is 17.5 Å². The molecule has 0 aromatic carbocycles. The van der Waals surface area contributed by atoms with Gasteiger partial charge in [0.15, 0.2) is 0 Å². The summed E-state index contributed by atoms with van der Waals surface area (Å²) in [5, 5.41) is 2.08. The summed E-state index contributed by atoms with van der Waals surface area (Å²) >= 11 is 1.77. The van der Waals surface area contributed by atoms with E-state index in [0.717, 1.165) is 0 Å². The Morgan fingerprint density at radius 1 is 1.71 bits per heavy atom. The second kappa shape index (κ2) is 2.17. The third kappa shape index (κ3) is 1.06. The monoisotopic (exact) mass is 109 g/mol. The average Bonchev–Trinajstić information content (AvgIpc) is 2.14. The molecule has 0 aliphatic rings. The Balaban J connectivity index is 2.76. The van der Waals surface area contributed by atoms with Crippen LogP contribution in [0.5, 0.6) is 0 Å². The first-order chi connectivity index (χ1) is 3.43. The molecule has 2 heteroatoms. The molecular weight excluding hydrogens is 103 g/mol. The Bertz CT molecular complexity index is 123. The smallest absolute Gasteiger partial charge is 0.0130 e. The minimum atomic E-state index is 1.35. The van der Waals surface area contributed by atoms with Gasteiger partial charge in [0.1, 0.15) is 0 Å². The van der Waals surface area contributed by atoms with Gasteiger partial charge in [-0.05, 0) is 5.38 Å². The highest BCUT2D eigenvalue weighted by Gasteiger charge is 1.69. The molecule has 0 aliphatic heterocycles. The van der Waals surface area contributed by atoms with Crippen molar-refractivity contribution in [2.24, 2.45) is 0 Å². The Kier molecular flexibility index (Phi) is 1.52. The van der Waals surface area contributed by atoms with Crippen molar-refractivity contribution >= 4 is 23.4 Å². The van der Waals surface area contributed by atoms with E-state index in [-0.39, 0.29) is 0 Å². The van der Waals surface area contributed by atoms with E-state index < -0.39 is 0 Å². The van der Waals surface area contributed by atoms with Crippen molar-refractivity contribution in [1.82, 2.24) is 0 Å². The number of thiophene rings is 1. The normalized spacial score (nSPS) is 9.29. The topological polar surface area (TPSA) is 0 Å². The Morgan fingerprint density at radius 2 is 2.57 bits per heavy atom. The predicted octanol–water partition coefficient (Wildman–Crippen LogP) is 1.13. The molecule has 1 aromatic heterocycles. The van der Waals surface area contributed by atoms with Gasteiger partial charge < -0.3 is 0 Å². The summed E-state index contributed by atoms with van der Waals surface area (Å²) in [6, 6.07) is 4.16. The van der Waals surface area contributed by atoms with Crippen molar-refractivity contribution < 1.29 is 0 Å². The molecule has 0 N–H and O–H groups in total. The van der Waals surface area contributed by atoms with Crippen LogP contribution < -0.4 is 4.78 Å². The lowest BCUT2D eigenvalue weighted by atomic mass is 9.81. The van der Waals surface area contributed by atoms with E-state index in [4.69, 9.17) is 0 Å². The predicted molar refractivity (Wildman–Crippen MR) is 35.6 cm³/mol. The molecule has 0 fully saturated rings. The van der Waals surface area contributed by atoms with Crippen molar-refractivity contribution in [2.45, 2.75) is 6.82 Å². The van der Waals surface area contributed by atoms with Crippen molar-refractivity contribution in [1.29, 1.82) is 0 Å². The highest BCUT2D eigenvalue weighted by Crippen LogP contribution is 1.89. The van der Waals surface area contributed by atoms with Gasteiger partial charge in [-0.25, -0.2) is 11.6 Å². The van der Waals surface area contributed by atoms with Crippen LogP contribution in [-0.2, 0) is 0 Å². The van der Waals surface area contributed by atoms with Crippen LogP contribution >= 0.6 is 11.3 Å². The quantitative estimate of drug-likeness (QED) is 0.474. The maximum absolute atomic E-state index is 2.10. The van der Waals surface area contributed by atoms with Crippen LogP contribution in [0, 0.1) is 0 Å². The second-order valence-electron chi connectivity index (χ2n) is 1.30. The van der Waals surface area contributed by atoms with Gasteiger partial charge >= 0.3 is 0 Å². The molecule has 0 bridgehead atoms. The Morgan fingerprint density at radius 3 is 2.86 bits per heavy atom. The summed E-state index contributed by atoms with van der Waals surface area (Å²) in [7, 11) is 2.10. The molecule has 7 heavy (non-hydrogen) atoms. The number of hydrogen-bond acceptors (Lipinski definition) is 1. The lowest BCUT2D eigenvalue weighted by Gasteiger charge is -1.97. The van der Waals surface area contributed by atoms with E-state index in [1.165, 1.54) is 4.78 Å². The first-order valence-corrected chi connectivity index (χ1v) is 3.14. The van der Waals surface area contributed by atoms with Crippen LogP contribution in [0.1, 0.15) is 0 Å². The average molecular weight is 109 g/mol. The molecule has 0 saturated heterocycles. The van der Waals surface area contributed by atoms with Crippen molar-refractivity contribution in [3.63, 3.8) is 0 Å². The fraction of sp³-hybridized carbons (Fsp3) is 0.200. The Labute approximate surface area is 48.4 Å². The molecule has 0 atom stereocenters. The van der Waals surface area contributed by atoms with Crippen LogP contribution in [0.3, 0.4) is 0 Å². The third-order valence-electron chi connectivity index (χ3n) is 0.828. The first-order valence-electron chi connectivity index (χ1n) is 2.26. The van der Waals surface area contributed by atoms with Gasteiger partial charge in [0.05, 0.1) is 0 Å². The van der Waals surface area contributed by atoms with Crippen LogP contribution in [0.2, 0.25) is 6.82 Å². The first kappa shape index (κ1) is 4.91. The zero-order valence-corrected chi connectivity index (χ0v) is 5.03. The fourth-order valence-electron chi connectivity index (χ4n) is 0.456. The third-order valence-corrected chi connectivity index (χ3v) is 1.76. The molecule has 0 unspecified atom stereocenters. The SMILES string of the molecule is C[B-]c1cccs1. The van der Waals surface area contributed by atoms with Gasteiger partial charge in [-0.1, -0.05) is 12.1 Å². The lowest BCUT2D eigenvalue weighted by Crippen LogP contribution is -2.01. The maximum Gasteiger partial charge on any atom is -0.0130 e. The van der Waals surface area contributed by atoms with Gasteiger partial charge in [0.25, 0.3) is 0 Å². The van der Waals surface area contributed by atoms with Gasteiger partial charge in [-0.15, -0.1) is 0 Å². The minimum absolute atomic E-state index is 1.35. The van der Waals surface area contributed by atoms with E-state index in [2.05, 4.69) is 24.8 Å². The van der Waals surface area contributed by atoms with Gasteiger partial charge in [-0.2, -0.15) is 11.3 Å². The van der Waals surface area contributed by atoms with Crippen LogP contribution in [0.15, 0.2) is 17.5 Å². The molecule has 0 nitrogen and oxygen atoms in total. The van der Waals surface area contributed by atoms with E-state index in [0.29, 0.717) is 0 Å². The molecular formula is C5H6BS-. The van der Waals surface area contributed by atoms with Gasteiger partial charge in [0.2, 0.25) is 0 Å². The highest BCUT2D eigenvalue weighted by atomic mass is 32.1. The Hall–Kier alpha value is -0.235. The zero-order chi connectivity index (χ0) is 5.11. The largest absolute Gasteiger partial charge is 0.287 e. The van der Waals surface area contributed by atoms with Crippen LogP contribution in [0.4, 0.5) is 0 Å². The van der Waals surface area contributed by atoms with Gasteiger partial charge in [0, 0.05) is 0 Å². The van der Waals surface area contributed by atoms with Gasteiger partial charge in [-0.3, -0.25) is 7.28 Å². The molecule has 0 amide bonds. The standard InChI is InChI=1S/C5H6BS/c1-6-5-3-2-4-7-5/h2-4H,1H3/q-1. The maximum atomic E-state index is 2.10. The van der Waals surface area contributed by atoms with Crippen molar-refractivity contribution in [2.75, 3.05) is 0 Å². The number of rotatable bonds is 1. The molecule has 0 aliphatic carbocycles. The van der Waals surface area contributed by atoms with Crippen molar-refractivity contribution in [3.8, 4) is 0 Å². The fourth-order valence-corrected chi connectivity index (χ4v) is 1.06. The highest BCUT2D eigenvalue weighted by molar-refractivity contribution is 7.19. The molecule has 1 aromatic rings. The lowest BCUT2D eigenvalue weighted by molar-refractivity contribution is 2.06. The van der Waals surface area contributed by atoms with Crippen LogP contribution in [-0.4, -0.2) is 7.28 Å². The molecule has 0 saturated carbocycles. The summed E-state index contributed by atoms with van der Waals surface area (Å²) in [5.74, 6) is 0. The summed E-state index contributed by atoms with van der Waals surface area (Å²) in [5.41, 5.74) is 0. The molecule has 2 radical (unpaired) electrons. The van der Waals surface area contributed by atoms with Crippen LogP contribution in [0.25, 0.3) is 0 Å². The molecule has 1 rings (SSSR count). The van der Waals surface area contributed by atoms with E-state index in [1.807, 2.05) is 6.82 Å². The second-order valence-corrected chi connectivity index (χ2v) is 2.28.